The largest absolute Gasteiger partial charge is 0.460 e. The summed E-state index contributed by atoms with van der Waals surface area (Å²) in [5.41, 5.74) is -2.37. The van der Waals surface area contributed by atoms with Crippen molar-refractivity contribution in [2.75, 3.05) is 18.5 Å². The lowest BCUT2D eigenvalue weighted by molar-refractivity contribution is -0.152. The quantitative estimate of drug-likeness (QED) is 0.166. The van der Waals surface area contributed by atoms with Crippen LogP contribution in [0.15, 0.2) is 28.4 Å². The number of aromatic nitrogens is 1. The molecule has 1 saturated carbocycles. The fourth-order valence-electron chi connectivity index (χ4n) is 5.51. The van der Waals surface area contributed by atoms with E-state index in [1.807, 2.05) is 18.4 Å². The van der Waals surface area contributed by atoms with Crippen molar-refractivity contribution >= 4 is 41.7 Å². The summed E-state index contributed by atoms with van der Waals surface area (Å²) in [6.45, 7) is 12.0. The Kier molecular flexibility index (Phi) is 12.1. The SMILES string of the molecule is CCC(CC)n1cc(C(COC(=O)C(C)(C)C)=C(COC(=O)C(C)(C)C)P(=O)(O)O)c(=O)c2cc(F)c(NC3CCCCC3)cc21. The molecule has 1 aliphatic rings. The summed E-state index contributed by atoms with van der Waals surface area (Å²) in [6, 6.07) is 2.73. The average molecular weight is 665 g/mol. The molecule has 0 radical (unpaired) electrons. The highest BCUT2D eigenvalue weighted by atomic mass is 31.2. The Hall–Kier alpha value is -3.01. The molecule has 0 bridgehead atoms. The zero-order valence-electron chi connectivity index (χ0n) is 28.4. The molecular weight excluding hydrogens is 614 g/mol. The van der Waals surface area contributed by atoms with Gasteiger partial charge in [0.05, 0.1) is 27.3 Å². The standard InChI is InChI=1S/C34H50FN2O8P/c1-9-22(10-2)37-18-24(30(38)23-16-26(35)27(17-28(23)37)36-21-14-12-11-13-15-21)25(19-44-31(39)33(3,4)5)29(46(41,42)43)20-45-32(40)34(6,7)8/h16-18,21-22,36H,9-15,19-20H2,1-8H3,(H2,41,42,43). The van der Waals surface area contributed by atoms with Gasteiger partial charge in [-0.3, -0.25) is 18.9 Å². The van der Waals surface area contributed by atoms with Gasteiger partial charge in [0.2, 0.25) is 0 Å². The molecule has 0 atom stereocenters. The van der Waals surface area contributed by atoms with Crippen LogP contribution in [0.25, 0.3) is 16.5 Å². The monoisotopic (exact) mass is 664 g/mol. The van der Waals surface area contributed by atoms with E-state index < -0.39 is 60.1 Å². The Morgan fingerprint density at radius 1 is 0.978 bits per heavy atom. The van der Waals surface area contributed by atoms with E-state index in [0.717, 1.165) is 38.2 Å². The van der Waals surface area contributed by atoms with E-state index in [1.54, 1.807) is 47.6 Å². The molecule has 1 fully saturated rings. The fourth-order valence-corrected chi connectivity index (χ4v) is 6.28. The Labute approximate surface area is 270 Å². The molecule has 46 heavy (non-hydrogen) atoms. The zero-order valence-corrected chi connectivity index (χ0v) is 29.3. The van der Waals surface area contributed by atoms with E-state index in [9.17, 15) is 28.7 Å². The van der Waals surface area contributed by atoms with Crippen LogP contribution in [0, 0.1) is 16.6 Å². The second-order valence-corrected chi connectivity index (χ2v) is 15.8. The van der Waals surface area contributed by atoms with Crippen LogP contribution in [0.3, 0.4) is 0 Å². The highest BCUT2D eigenvalue weighted by Gasteiger charge is 2.33. The van der Waals surface area contributed by atoms with Crippen molar-refractivity contribution in [1.82, 2.24) is 4.57 Å². The van der Waals surface area contributed by atoms with Gasteiger partial charge < -0.3 is 29.1 Å². The minimum atomic E-state index is -5.20. The molecule has 1 aliphatic carbocycles. The summed E-state index contributed by atoms with van der Waals surface area (Å²) in [6.07, 6.45) is 7.86. The van der Waals surface area contributed by atoms with Gasteiger partial charge in [-0.05, 0) is 79.4 Å². The number of carbonyl (C=O) groups excluding carboxylic acids is 2. The van der Waals surface area contributed by atoms with E-state index in [0.29, 0.717) is 18.4 Å². The number of halogens is 1. The molecule has 1 aromatic carbocycles. The molecular formula is C34H50FN2O8P. The van der Waals surface area contributed by atoms with E-state index in [1.165, 1.54) is 6.20 Å². The van der Waals surface area contributed by atoms with Crippen LogP contribution in [0.2, 0.25) is 0 Å². The van der Waals surface area contributed by atoms with Crippen LogP contribution in [-0.2, 0) is 23.6 Å². The Bertz CT molecular complexity index is 1570. The third-order valence-electron chi connectivity index (χ3n) is 8.36. The lowest BCUT2D eigenvalue weighted by Gasteiger charge is -2.26. The number of benzene rings is 1. The van der Waals surface area contributed by atoms with Crippen LogP contribution < -0.4 is 10.7 Å². The predicted molar refractivity (Wildman–Crippen MR) is 178 cm³/mol. The predicted octanol–water partition coefficient (Wildman–Crippen LogP) is 7.31. The number of nitrogens with zero attached hydrogens (tertiary/aromatic N) is 1. The van der Waals surface area contributed by atoms with Crippen molar-refractivity contribution in [2.24, 2.45) is 10.8 Å². The van der Waals surface area contributed by atoms with Crippen molar-refractivity contribution in [3.8, 4) is 0 Å². The van der Waals surface area contributed by atoms with Gasteiger partial charge in [-0.15, -0.1) is 0 Å². The minimum absolute atomic E-state index is 0.00694. The normalized spacial score (nSPS) is 15.6. The van der Waals surface area contributed by atoms with Crippen LogP contribution in [0.5, 0.6) is 0 Å². The summed E-state index contributed by atoms with van der Waals surface area (Å²) < 4.78 is 41.3. The van der Waals surface area contributed by atoms with Gasteiger partial charge in [0.15, 0.2) is 5.43 Å². The lowest BCUT2D eigenvalue weighted by Crippen LogP contribution is -2.27. The third kappa shape index (κ3) is 9.07. The van der Waals surface area contributed by atoms with Crippen molar-refractivity contribution in [3.63, 3.8) is 0 Å². The van der Waals surface area contributed by atoms with Gasteiger partial charge in [-0.2, -0.15) is 0 Å². The van der Waals surface area contributed by atoms with Crippen molar-refractivity contribution in [2.45, 2.75) is 112 Å². The molecule has 3 rings (SSSR count). The number of ether oxygens (including phenoxy) is 2. The highest BCUT2D eigenvalue weighted by Crippen LogP contribution is 2.49. The molecule has 0 aliphatic heterocycles. The second-order valence-electron chi connectivity index (χ2n) is 14.2. The molecule has 12 heteroatoms. The molecule has 10 nitrogen and oxygen atoms in total. The number of carbonyl (C=O) groups is 2. The number of pyridine rings is 1. The molecule has 0 saturated heterocycles. The molecule has 3 N–H and O–H groups in total. The Morgan fingerprint density at radius 3 is 2.02 bits per heavy atom. The number of anilines is 1. The first-order chi connectivity index (χ1) is 21.3. The highest BCUT2D eigenvalue weighted by molar-refractivity contribution is 7.56. The van der Waals surface area contributed by atoms with Gasteiger partial charge >= 0.3 is 19.5 Å². The van der Waals surface area contributed by atoms with E-state index in [2.05, 4.69) is 5.32 Å². The van der Waals surface area contributed by atoms with Gasteiger partial charge in [0.25, 0.3) is 0 Å². The Morgan fingerprint density at radius 2 is 1.52 bits per heavy atom. The van der Waals surface area contributed by atoms with E-state index in [-0.39, 0.29) is 34.3 Å². The van der Waals surface area contributed by atoms with Crippen molar-refractivity contribution in [3.05, 3.63) is 45.2 Å². The van der Waals surface area contributed by atoms with Gasteiger partial charge in [-0.1, -0.05) is 33.1 Å². The summed E-state index contributed by atoms with van der Waals surface area (Å²) in [5.74, 6) is -2.02. The second kappa shape index (κ2) is 14.8. The first-order valence-corrected chi connectivity index (χ1v) is 17.7. The number of hydrogen-bond acceptors (Lipinski definition) is 7. The summed E-state index contributed by atoms with van der Waals surface area (Å²) in [7, 11) is -5.20. The minimum Gasteiger partial charge on any atom is -0.460 e. The number of rotatable bonds is 11. The number of esters is 2. The maximum Gasteiger partial charge on any atom is 0.356 e. The third-order valence-corrected chi connectivity index (χ3v) is 9.46. The number of fused-ring (bicyclic) bond motifs is 1. The smallest absolute Gasteiger partial charge is 0.356 e. The van der Waals surface area contributed by atoms with Crippen LogP contribution in [-0.4, -0.2) is 45.5 Å². The fraction of sp³-hybridized carbons (Fsp3) is 0.618. The van der Waals surface area contributed by atoms with Crippen molar-refractivity contribution in [1.29, 1.82) is 0 Å². The van der Waals surface area contributed by atoms with Gasteiger partial charge in [-0.25, -0.2) is 4.39 Å². The molecule has 0 amide bonds. The molecule has 1 heterocycles. The van der Waals surface area contributed by atoms with Crippen LogP contribution in [0.1, 0.15) is 112 Å². The summed E-state index contributed by atoms with van der Waals surface area (Å²) in [5, 5.41) is 2.65. The lowest BCUT2D eigenvalue weighted by atomic mass is 9.95. The maximum absolute atomic E-state index is 15.7. The zero-order chi connectivity index (χ0) is 34.6. The topological polar surface area (TPSA) is 144 Å². The first kappa shape index (κ1) is 37.4. The number of nitrogens with one attached hydrogen (secondary N) is 1. The molecule has 0 unspecified atom stereocenters. The molecule has 1 aromatic heterocycles. The maximum atomic E-state index is 15.7. The van der Waals surface area contributed by atoms with Crippen molar-refractivity contribution < 1.29 is 37.8 Å². The number of hydrogen-bond donors (Lipinski definition) is 3. The summed E-state index contributed by atoms with van der Waals surface area (Å²) >= 11 is 0. The van der Waals surface area contributed by atoms with E-state index in [4.69, 9.17) is 9.47 Å². The Balaban J connectivity index is 2.35. The van der Waals surface area contributed by atoms with Gasteiger partial charge in [0, 0.05) is 34.8 Å². The molecule has 256 valence electrons. The molecule has 2 aromatic rings. The average Bonchev–Trinajstić information content (AvgIpc) is 2.96. The van der Waals surface area contributed by atoms with E-state index >= 15 is 4.39 Å². The van der Waals surface area contributed by atoms with Crippen LogP contribution in [0.4, 0.5) is 10.1 Å². The first-order valence-electron chi connectivity index (χ1n) is 16.1. The van der Waals surface area contributed by atoms with Crippen LogP contribution >= 0.6 is 7.60 Å². The summed E-state index contributed by atoms with van der Waals surface area (Å²) in [4.78, 5) is 60.7. The van der Waals surface area contributed by atoms with Gasteiger partial charge in [0.1, 0.15) is 19.0 Å². The molecule has 0 spiro atoms.